The van der Waals surface area contributed by atoms with Crippen molar-refractivity contribution in [2.24, 2.45) is 0 Å². The van der Waals surface area contributed by atoms with Gasteiger partial charge in [-0.15, -0.1) is 11.3 Å². The van der Waals surface area contributed by atoms with Crippen LogP contribution in [-0.4, -0.2) is 5.78 Å². The van der Waals surface area contributed by atoms with E-state index in [0.29, 0.717) is 6.42 Å². The van der Waals surface area contributed by atoms with E-state index in [1.54, 1.807) is 11.3 Å². The van der Waals surface area contributed by atoms with E-state index in [0.717, 1.165) is 12.8 Å². The average molecular weight is 270 g/mol. The van der Waals surface area contributed by atoms with Crippen molar-refractivity contribution in [3.63, 3.8) is 0 Å². The fraction of sp³-hybridized carbons (Fsp3) is 0.353. The minimum atomic E-state index is 0.264. The molecular formula is C17H18OS. The molecule has 0 spiro atoms. The predicted molar refractivity (Wildman–Crippen MR) is 81.7 cm³/mol. The summed E-state index contributed by atoms with van der Waals surface area (Å²) in [6, 6.07) is 8.33. The van der Waals surface area contributed by atoms with Crippen molar-refractivity contribution in [1.82, 2.24) is 0 Å². The summed E-state index contributed by atoms with van der Waals surface area (Å²) < 4.78 is 1.27. The molecule has 1 aromatic carbocycles. The molecule has 1 aromatic heterocycles. The number of fused-ring (bicyclic) bond motifs is 1. The van der Waals surface area contributed by atoms with E-state index in [1.165, 1.54) is 40.5 Å². The smallest absolute Gasteiger partial charge is 0.160 e. The summed E-state index contributed by atoms with van der Waals surface area (Å²) in [5.41, 5.74) is 2.54. The Morgan fingerprint density at radius 1 is 1.16 bits per heavy atom. The lowest BCUT2D eigenvalue weighted by Crippen LogP contribution is -2.02. The summed E-state index contributed by atoms with van der Waals surface area (Å²) in [5, 5.41) is 3.37. The van der Waals surface area contributed by atoms with Crippen LogP contribution in [0.5, 0.6) is 0 Å². The lowest BCUT2D eigenvalue weighted by atomic mass is 9.93. The molecule has 1 heterocycles. The molecule has 2 aromatic rings. The number of ketones is 1. The van der Waals surface area contributed by atoms with Gasteiger partial charge < -0.3 is 0 Å². The minimum absolute atomic E-state index is 0.264. The van der Waals surface area contributed by atoms with E-state index < -0.39 is 0 Å². The fourth-order valence-corrected chi connectivity index (χ4v) is 3.75. The molecule has 0 radical (unpaired) electrons. The van der Waals surface area contributed by atoms with E-state index >= 15 is 0 Å². The highest BCUT2D eigenvalue weighted by Crippen LogP contribution is 2.27. The molecule has 1 saturated carbocycles. The third-order valence-corrected chi connectivity index (χ3v) is 4.80. The van der Waals surface area contributed by atoms with Gasteiger partial charge in [0.25, 0.3) is 0 Å². The van der Waals surface area contributed by atoms with Crippen molar-refractivity contribution in [3.05, 3.63) is 46.9 Å². The second-order valence-electron chi connectivity index (χ2n) is 5.26. The summed E-state index contributed by atoms with van der Waals surface area (Å²) in [5.74, 6) is 0.264. The van der Waals surface area contributed by atoms with Crippen molar-refractivity contribution < 1.29 is 4.79 Å². The van der Waals surface area contributed by atoms with Gasteiger partial charge in [-0.3, -0.25) is 4.79 Å². The molecule has 1 aliphatic carbocycles. The molecule has 19 heavy (non-hydrogen) atoms. The summed E-state index contributed by atoms with van der Waals surface area (Å²) in [7, 11) is 0. The van der Waals surface area contributed by atoms with Gasteiger partial charge >= 0.3 is 0 Å². The molecule has 1 nitrogen and oxygen atoms in total. The lowest BCUT2D eigenvalue weighted by Gasteiger charge is -2.12. The predicted octanol–water partition coefficient (Wildman–Crippen LogP) is 4.90. The molecule has 0 atom stereocenters. The monoisotopic (exact) mass is 270 g/mol. The van der Waals surface area contributed by atoms with Gasteiger partial charge in [0.2, 0.25) is 0 Å². The largest absolute Gasteiger partial charge is 0.294 e. The summed E-state index contributed by atoms with van der Waals surface area (Å²) in [6.07, 6.45) is 8.52. The number of carbonyl (C=O) groups excluding carboxylic acids is 1. The molecule has 0 unspecified atom stereocenters. The number of benzene rings is 1. The van der Waals surface area contributed by atoms with E-state index in [9.17, 15) is 4.79 Å². The van der Waals surface area contributed by atoms with Gasteiger partial charge in [0.05, 0.1) is 0 Å². The third kappa shape index (κ3) is 2.95. The zero-order valence-electron chi connectivity index (χ0n) is 11.0. The Morgan fingerprint density at radius 2 is 1.95 bits per heavy atom. The highest BCUT2D eigenvalue weighted by atomic mass is 32.1. The highest BCUT2D eigenvalue weighted by Gasteiger charge is 2.10. The van der Waals surface area contributed by atoms with Gasteiger partial charge in [-0.25, -0.2) is 0 Å². The van der Waals surface area contributed by atoms with Gasteiger partial charge in [0.15, 0.2) is 5.78 Å². The Kier molecular flexibility index (Phi) is 3.79. The molecule has 3 rings (SSSR count). The van der Waals surface area contributed by atoms with Crippen LogP contribution in [-0.2, 0) is 11.2 Å². The van der Waals surface area contributed by atoms with E-state index in [2.05, 4.69) is 23.6 Å². The molecule has 98 valence electrons. The number of thiophene rings is 1. The highest BCUT2D eigenvalue weighted by molar-refractivity contribution is 7.17. The quantitative estimate of drug-likeness (QED) is 0.725. The Balaban J connectivity index is 1.75. The Morgan fingerprint density at radius 3 is 2.79 bits per heavy atom. The third-order valence-electron chi connectivity index (χ3n) is 3.79. The molecule has 0 aliphatic heterocycles. The van der Waals surface area contributed by atoms with Gasteiger partial charge in [-0.05, 0) is 54.2 Å². The van der Waals surface area contributed by atoms with Gasteiger partial charge in [0, 0.05) is 11.1 Å². The topological polar surface area (TPSA) is 17.1 Å². The Bertz CT molecular complexity index is 613. The van der Waals surface area contributed by atoms with Crippen LogP contribution in [0.3, 0.4) is 0 Å². The van der Waals surface area contributed by atoms with Crippen LogP contribution >= 0.6 is 11.3 Å². The first-order valence-corrected chi connectivity index (χ1v) is 7.88. The maximum absolute atomic E-state index is 12.2. The second-order valence-corrected chi connectivity index (χ2v) is 6.17. The molecule has 2 heteroatoms. The lowest BCUT2D eigenvalue weighted by molar-refractivity contribution is -0.114. The van der Waals surface area contributed by atoms with Crippen molar-refractivity contribution in [2.45, 2.75) is 38.5 Å². The zero-order valence-corrected chi connectivity index (χ0v) is 11.8. The number of rotatable bonds is 3. The normalized spacial score (nSPS) is 15.7. The number of hydrogen-bond acceptors (Lipinski definition) is 2. The molecule has 1 fully saturated rings. The van der Waals surface area contributed by atoms with Gasteiger partial charge in [0.1, 0.15) is 0 Å². The molecular weight excluding hydrogens is 252 g/mol. The zero-order chi connectivity index (χ0) is 13.1. The fourth-order valence-electron chi connectivity index (χ4n) is 2.79. The first kappa shape index (κ1) is 12.6. The number of allylic oxidation sites excluding steroid dienone is 2. The van der Waals surface area contributed by atoms with Crippen LogP contribution in [0.15, 0.2) is 41.3 Å². The second kappa shape index (κ2) is 5.70. The molecule has 0 amide bonds. The maximum Gasteiger partial charge on any atom is 0.160 e. The van der Waals surface area contributed by atoms with Crippen LogP contribution in [0.25, 0.3) is 10.1 Å². The van der Waals surface area contributed by atoms with Crippen LogP contribution < -0.4 is 0 Å². The Hall–Kier alpha value is -1.41. The summed E-state index contributed by atoms with van der Waals surface area (Å²) >= 11 is 1.73. The van der Waals surface area contributed by atoms with Crippen LogP contribution in [0.4, 0.5) is 0 Å². The maximum atomic E-state index is 12.2. The SMILES string of the molecule is O=C(C=C1CCCCC1)Cc1csc2ccccc12. The molecule has 0 bridgehead atoms. The van der Waals surface area contributed by atoms with Crippen LogP contribution in [0.1, 0.15) is 37.7 Å². The van der Waals surface area contributed by atoms with Crippen molar-refractivity contribution in [3.8, 4) is 0 Å². The van der Waals surface area contributed by atoms with Crippen LogP contribution in [0, 0.1) is 0 Å². The summed E-state index contributed by atoms with van der Waals surface area (Å²) in [4.78, 5) is 12.2. The molecule has 0 saturated heterocycles. The van der Waals surface area contributed by atoms with Crippen molar-refractivity contribution in [1.29, 1.82) is 0 Å². The van der Waals surface area contributed by atoms with E-state index in [-0.39, 0.29) is 5.78 Å². The van der Waals surface area contributed by atoms with Crippen molar-refractivity contribution >= 4 is 27.2 Å². The van der Waals surface area contributed by atoms with Gasteiger partial charge in [-0.2, -0.15) is 0 Å². The first-order chi connectivity index (χ1) is 9.33. The van der Waals surface area contributed by atoms with E-state index in [1.807, 2.05) is 12.1 Å². The minimum Gasteiger partial charge on any atom is -0.294 e. The average Bonchev–Trinajstić information content (AvgIpc) is 2.83. The number of hydrogen-bond donors (Lipinski definition) is 0. The standard InChI is InChI=1S/C17H18OS/c18-15(10-13-6-2-1-3-7-13)11-14-12-19-17-9-5-4-8-16(14)17/h4-5,8-10,12H,1-3,6-7,11H2. The first-order valence-electron chi connectivity index (χ1n) is 7.00. The Labute approximate surface area is 118 Å². The molecule has 1 aliphatic rings. The van der Waals surface area contributed by atoms with Gasteiger partial charge in [-0.1, -0.05) is 30.2 Å². The number of carbonyl (C=O) groups is 1. The summed E-state index contributed by atoms with van der Waals surface area (Å²) in [6.45, 7) is 0. The van der Waals surface area contributed by atoms with Crippen LogP contribution in [0.2, 0.25) is 0 Å². The molecule has 0 N–H and O–H groups in total. The van der Waals surface area contributed by atoms with Crippen molar-refractivity contribution in [2.75, 3.05) is 0 Å². The van der Waals surface area contributed by atoms with E-state index in [4.69, 9.17) is 0 Å².